The predicted octanol–water partition coefficient (Wildman–Crippen LogP) is 4.97. The summed E-state index contributed by atoms with van der Waals surface area (Å²) < 4.78 is 7.74. The molecule has 0 unspecified atom stereocenters. The van der Waals surface area contributed by atoms with Crippen molar-refractivity contribution in [3.63, 3.8) is 0 Å². The third kappa shape index (κ3) is 5.34. The molecule has 0 atom stereocenters. The van der Waals surface area contributed by atoms with Crippen molar-refractivity contribution in [2.75, 3.05) is 5.32 Å². The van der Waals surface area contributed by atoms with E-state index in [1.54, 1.807) is 10.7 Å². The van der Waals surface area contributed by atoms with Crippen molar-refractivity contribution in [3.8, 4) is 5.75 Å². The minimum atomic E-state index is 0.378. The fourth-order valence-corrected chi connectivity index (χ4v) is 2.95. The Morgan fingerprint density at radius 1 is 1.11 bits per heavy atom. The molecule has 8 heteroatoms. The first kappa shape index (κ1) is 19.5. The van der Waals surface area contributed by atoms with Crippen LogP contribution >= 0.6 is 23.2 Å². The molecule has 0 saturated heterocycles. The summed E-state index contributed by atoms with van der Waals surface area (Å²) in [6.45, 7) is 3.77. The van der Waals surface area contributed by atoms with E-state index in [0.29, 0.717) is 29.1 Å². The van der Waals surface area contributed by atoms with Crippen LogP contribution in [0.3, 0.4) is 0 Å². The van der Waals surface area contributed by atoms with Crippen molar-refractivity contribution in [1.82, 2.24) is 20.2 Å². The topological polar surface area (TPSA) is 64.9 Å². The summed E-state index contributed by atoms with van der Waals surface area (Å²) >= 11 is 12.4. The van der Waals surface area contributed by atoms with Gasteiger partial charge in [0.15, 0.2) is 0 Å². The third-order valence-corrected chi connectivity index (χ3v) is 4.66. The maximum atomic E-state index is 6.20. The molecule has 0 bridgehead atoms. The van der Waals surface area contributed by atoms with Gasteiger partial charge in [-0.05, 0) is 41.1 Å². The van der Waals surface area contributed by atoms with Crippen LogP contribution in [0.2, 0.25) is 10.0 Å². The molecule has 0 fully saturated rings. The van der Waals surface area contributed by atoms with E-state index in [9.17, 15) is 0 Å². The maximum Gasteiger partial charge on any atom is 0.243 e. The molecule has 0 aliphatic carbocycles. The quantitative estimate of drug-likeness (QED) is 0.544. The number of nitrogens with one attached hydrogen (secondary N) is 1. The second-order valence-corrected chi connectivity index (χ2v) is 6.91. The molecule has 2 aromatic carbocycles. The number of benzene rings is 2. The van der Waals surface area contributed by atoms with Gasteiger partial charge in [-0.3, -0.25) is 0 Å². The van der Waals surface area contributed by atoms with Crippen LogP contribution in [0.4, 0.5) is 5.95 Å². The molecule has 3 rings (SSSR count). The summed E-state index contributed by atoms with van der Waals surface area (Å²) in [7, 11) is 0. The van der Waals surface area contributed by atoms with Crippen LogP contribution < -0.4 is 10.1 Å². The summed E-state index contributed by atoms with van der Waals surface area (Å²) in [6, 6.07) is 13.2. The van der Waals surface area contributed by atoms with Gasteiger partial charge in [-0.2, -0.15) is 0 Å². The van der Waals surface area contributed by atoms with Crippen LogP contribution in [0.25, 0.3) is 0 Å². The van der Waals surface area contributed by atoms with E-state index >= 15 is 0 Å². The molecule has 1 heterocycles. The van der Waals surface area contributed by atoms with E-state index in [0.717, 1.165) is 36.3 Å². The molecular weight excluding hydrogens is 385 g/mol. The van der Waals surface area contributed by atoms with Crippen molar-refractivity contribution < 1.29 is 4.74 Å². The van der Waals surface area contributed by atoms with Crippen molar-refractivity contribution in [1.29, 1.82) is 0 Å². The number of hydrogen-bond acceptors (Lipinski definition) is 5. The Bertz CT molecular complexity index is 884. The summed E-state index contributed by atoms with van der Waals surface area (Å²) in [5, 5.41) is 16.4. The second-order valence-electron chi connectivity index (χ2n) is 6.06. The number of aromatic nitrogens is 4. The number of unbranched alkanes of at least 4 members (excludes halogenated alkanes) is 1. The van der Waals surface area contributed by atoms with E-state index in [1.165, 1.54) is 0 Å². The number of halogens is 2. The Balaban J connectivity index is 1.69. The summed E-state index contributed by atoms with van der Waals surface area (Å²) in [6.07, 6.45) is 2.09. The molecule has 6 nitrogen and oxygen atoms in total. The first-order chi connectivity index (χ1) is 13.2. The Hall–Kier alpha value is -2.31. The third-order valence-electron chi connectivity index (χ3n) is 4.06. The molecule has 0 spiro atoms. The van der Waals surface area contributed by atoms with Gasteiger partial charge in [0.25, 0.3) is 0 Å². The maximum absolute atomic E-state index is 6.20. The average Bonchev–Trinajstić information content (AvgIpc) is 3.12. The molecule has 0 saturated carbocycles. The normalized spacial score (nSPS) is 10.8. The average molecular weight is 406 g/mol. The lowest BCUT2D eigenvalue weighted by atomic mass is 10.2. The van der Waals surface area contributed by atoms with Gasteiger partial charge in [0.1, 0.15) is 12.4 Å². The van der Waals surface area contributed by atoms with Crippen LogP contribution in [0, 0.1) is 0 Å². The molecular formula is C19H21Cl2N5O. The fourth-order valence-electron chi connectivity index (χ4n) is 2.56. The Morgan fingerprint density at radius 2 is 1.96 bits per heavy atom. The summed E-state index contributed by atoms with van der Waals surface area (Å²) in [5.41, 5.74) is 1.84. The van der Waals surface area contributed by atoms with Gasteiger partial charge < -0.3 is 10.1 Å². The smallest absolute Gasteiger partial charge is 0.243 e. The zero-order valence-electron chi connectivity index (χ0n) is 15.0. The molecule has 0 amide bonds. The largest absolute Gasteiger partial charge is 0.488 e. The monoisotopic (exact) mass is 405 g/mol. The molecule has 27 heavy (non-hydrogen) atoms. The molecule has 1 N–H and O–H groups in total. The highest BCUT2D eigenvalue weighted by molar-refractivity contribution is 6.31. The minimum Gasteiger partial charge on any atom is -0.488 e. The van der Waals surface area contributed by atoms with Gasteiger partial charge in [0, 0.05) is 34.3 Å². The highest BCUT2D eigenvalue weighted by Gasteiger charge is 2.10. The zero-order valence-corrected chi connectivity index (χ0v) is 16.5. The molecule has 0 aliphatic heterocycles. The number of rotatable bonds is 9. The van der Waals surface area contributed by atoms with Crippen molar-refractivity contribution in [2.24, 2.45) is 0 Å². The summed E-state index contributed by atoms with van der Waals surface area (Å²) in [4.78, 5) is 0. The number of nitrogens with zero attached hydrogens (tertiary/aromatic N) is 4. The van der Waals surface area contributed by atoms with Crippen LogP contribution in [0.1, 0.15) is 30.9 Å². The van der Waals surface area contributed by atoms with Crippen molar-refractivity contribution in [3.05, 3.63) is 63.6 Å². The predicted molar refractivity (Wildman–Crippen MR) is 107 cm³/mol. The zero-order chi connectivity index (χ0) is 19.1. The second kappa shape index (κ2) is 9.58. The van der Waals surface area contributed by atoms with Gasteiger partial charge >= 0.3 is 0 Å². The van der Waals surface area contributed by atoms with Crippen molar-refractivity contribution in [2.45, 2.75) is 39.5 Å². The van der Waals surface area contributed by atoms with Crippen LogP contribution in [0.15, 0.2) is 42.5 Å². The molecule has 3 aromatic rings. The lowest BCUT2D eigenvalue weighted by Crippen LogP contribution is -2.10. The SMILES string of the molecule is CCCCn1nnnc1NCc1cc(Cl)ccc1OCc1ccccc1Cl. The number of hydrogen-bond donors (Lipinski definition) is 1. The van der Waals surface area contributed by atoms with E-state index in [2.05, 4.69) is 27.8 Å². The minimum absolute atomic E-state index is 0.378. The van der Waals surface area contributed by atoms with E-state index in [1.807, 2.05) is 36.4 Å². The van der Waals surface area contributed by atoms with Gasteiger partial charge in [-0.15, -0.1) is 0 Å². The van der Waals surface area contributed by atoms with Gasteiger partial charge in [-0.1, -0.05) is 59.8 Å². The number of tetrazole rings is 1. The number of ether oxygens (including phenoxy) is 1. The van der Waals surface area contributed by atoms with Gasteiger partial charge in [0.2, 0.25) is 5.95 Å². The van der Waals surface area contributed by atoms with Crippen LogP contribution in [-0.2, 0) is 19.7 Å². The van der Waals surface area contributed by atoms with Crippen molar-refractivity contribution >= 4 is 29.2 Å². The summed E-state index contributed by atoms with van der Waals surface area (Å²) in [5.74, 6) is 1.36. The molecule has 0 aliphatic rings. The van der Waals surface area contributed by atoms with Gasteiger partial charge in [-0.25, -0.2) is 4.68 Å². The number of aryl methyl sites for hydroxylation is 1. The molecule has 1 aromatic heterocycles. The standard InChI is InChI=1S/C19H21Cl2N5O/c1-2-3-10-26-19(23-24-25-26)22-12-15-11-16(20)8-9-18(15)27-13-14-6-4-5-7-17(14)21/h4-9,11H,2-3,10,12-13H2,1H3,(H,22,23,25). The first-order valence-electron chi connectivity index (χ1n) is 8.82. The van der Waals surface area contributed by atoms with E-state index in [4.69, 9.17) is 27.9 Å². The highest BCUT2D eigenvalue weighted by atomic mass is 35.5. The number of anilines is 1. The van der Waals surface area contributed by atoms with E-state index < -0.39 is 0 Å². The molecule has 142 valence electrons. The first-order valence-corrected chi connectivity index (χ1v) is 9.57. The lowest BCUT2D eigenvalue weighted by Gasteiger charge is -2.14. The van der Waals surface area contributed by atoms with Gasteiger partial charge in [0.05, 0.1) is 0 Å². The van der Waals surface area contributed by atoms with E-state index in [-0.39, 0.29) is 0 Å². The highest BCUT2D eigenvalue weighted by Crippen LogP contribution is 2.26. The fraction of sp³-hybridized carbons (Fsp3) is 0.316. The molecule has 0 radical (unpaired) electrons. The Labute approximate surface area is 168 Å². The lowest BCUT2D eigenvalue weighted by molar-refractivity contribution is 0.303. The van der Waals surface area contributed by atoms with Crippen LogP contribution in [0.5, 0.6) is 5.75 Å². The Morgan fingerprint density at radius 3 is 2.78 bits per heavy atom. The Kier molecular flexibility index (Phi) is 6.90. The van der Waals surface area contributed by atoms with Crippen LogP contribution in [-0.4, -0.2) is 20.2 Å².